The molecule has 0 saturated carbocycles. The molecule has 0 unspecified atom stereocenters. The van der Waals surface area contributed by atoms with E-state index in [1.165, 1.54) is 4.57 Å². The Labute approximate surface area is 309 Å². The van der Waals surface area contributed by atoms with Crippen molar-refractivity contribution < 1.29 is 16.4 Å². The van der Waals surface area contributed by atoms with Gasteiger partial charge in [0.15, 0.2) is 5.82 Å². The van der Waals surface area contributed by atoms with Crippen LogP contribution in [-0.4, -0.2) is 28.7 Å². The van der Waals surface area contributed by atoms with Crippen LogP contribution in [0.1, 0.15) is 16.4 Å². The Morgan fingerprint density at radius 3 is 1.25 bits per heavy atom. The zero-order chi connectivity index (χ0) is 43.9. The van der Waals surface area contributed by atoms with Crippen molar-refractivity contribution in [3.05, 3.63) is 170 Å². The van der Waals surface area contributed by atoms with E-state index in [1.807, 2.05) is 97.1 Å². The molecule has 238 valence electrons. The van der Waals surface area contributed by atoms with Crippen LogP contribution < -0.4 is 0 Å². The Kier molecular flexibility index (Phi) is 3.92. The molecule has 0 atom stereocenters. The second-order valence-corrected chi connectivity index (χ2v) is 12.0. The Morgan fingerprint density at radius 1 is 0.353 bits per heavy atom. The van der Waals surface area contributed by atoms with E-state index in [2.05, 4.69) is 0 Å². The first-order chi connectivity index (χ1) is 30.3. The van der Waals surface area contributed by atoms with Gasteiger partial charge >= 0.3 is 0 Å². The highest BCUT2D eigenvalue weighted by molar-refractivity contribution is 6.11. The molecule has 0 fully saturated rings. The summed E-state index contributed by atoms with van der Waals surface area (Å²) in [4.78, 5) is 14.9. The number of aromatic nitrogens is 6. The monoisotopic (exact) mass is 664 g/mol. The number of nitrogens with zero attached hydrogens (tertiary/aromatic N) is 6. The lowest BCUT2D eigenvalue weighted by Crippen LogP contribution is -2.11. The summed E-state index contributed by atoms with van der Waals surface area (Å²) < 4.78 is 113. The molecular weight excluding hydrogens is 625 g/mol. The highest BCUT2D eigenvalue weighted by Crippen LogP contribution is 2.37. The largest absolute Gasteiger partial charge is 0.309 e. The van der Waals surface area contributed by atoms with Crippen LogP contribution in [0, 0.1) is 0 Å². The summed E-state index contributed by atoms with van der Waals surface area (Å²) >= 11 is 0. The van der Waals surface area contributed by atoms with E-state index in [4.69, 9.17) is 25.9 Å². The van der Waals surface area contributed by atoms with Crippen molar-refractivity contribution in [2.75, 3.05) is 0 Å². The number of fused-ring (bicyclic) bond motifs is 9. The van der Waals surface area contributed by atoms with Gasteiger partial charge in [0.1, 0.15) is 0 Å². The van der Waals surface area contributed by atoms with E-state index in [0.717, 1.165) is 21.5 Å². The minimum absolute atomic E-state index is 0.0229. The van der Waals surface area contributed by atoms with Crippen LogP contribution in [0.2, 0.25) is 0 Å². The summed E-state index contributed by atoms with van der Waals surface area (Å²) in [6.45, 7) is 0. The van der Waals surface area contributed by atoms with Crippen LogP contribution in [0.4, 0.5) is 0 Å². The van der Waals surface area contributed by atoms with E-state index in [1.54, 1.807) is 9.13 Å². The zero-order valence-electron chi connectivity index (χ0n) is 38.4. The Bertz CT molecular complexity index is 3670. The molecule has 11 aromatic rings. The lowest BCUT2D eigenvalue weighted by molar-refractivity contribution is 0.892. The van der Waals surface area contributed by atoms with Gasteiger partial charge in [-0.05, 0) is 48.4 Å². The first-order valence-electron chi connectivity index (χ1n) is 22.2. The normalized spacial score (nSPS) is 15.2. The van der Waals surface area contributed by atoms with Crippen molar-refractivity contribution in [2.45, 2.75) is 0 Å². The van der Waals surface area contributed by atoms with Crippen LogP contribution >= 0.6 is 0 Å². The average molecular weight is 665 g/mol. The lowest BCUT2D eigenvalue weighted by Gasteiger charge is -2.16. The summed E-state index contributed by atoms with van der Waals surface area (Å²) in [6, 6.07) is 23.4. The van der Waals surface area contributed by atoms with Gasteiger partial charge in [0, 0.05) is 37.9 Å². The SMILES string of the molecule is [2H]c1c([2H])c([2H])c(-n2c3ccccc3c3ccccc32)c(-c2nc(-n3c4ccccc4c4ccccc43)nc(-n3c4c([2H])c([2H])c([2H])c([2H])c4c4c([2H])c([2H])c([2H])c([2H])c43)n2)c1[2H]. The Hall–Kier alpha value is -7.05. The fourth-order valence-corrected chi connectivity index (χ4v) is 7.22. The second kappa shape index (κ2) is 10.7. The number of hydrogen-bond acceptors (Lipinski definition) is 3. The van der Waals surface area contributed by atoms with Gasteiger partial charge in [-0.25, -0.2) is 0 Å². The quantitative estimate of drug-likeness (QED) is 0.188. The van der Waals surface area contributed by atoms with E-state index in [9.17, 15) is 5.48 Å². The Morgan fingerprint density at radius 2 is 0.745 bits per heavy atom. The maximum absolute atomic E-state index is 9.55. The molecule has 11 rings (SSSR count). The molecule has 0 amide bonds. The molecule has 0 bridgehead atoms. The van der Waals surface area contributed by atoms with Gasteiger partial charge in [-0.3, -0.25) is 9.13 Å². The molecule has 0 aliphatic heterocycles. The van der Waals surface area contributed by atoms with Gasteiger partial charge in [0.2, 0.25) is 11.9 Å². The van der Waals surface area contributed by atoms with E-state index in [-0.39, 0.29) is 50.8 Å². The van der Waals surface area contributed by atoms with Gasteiger partial charge in [0.05, 0.1) is 55.2 Å². The minimum atomic E-state index is -0.630. The van der Waals surface area contributed by atoms with E-state index < -0.39 is 72.5 Å². The first kappa shape index (κ1) is 18.6. The molecule has 51 heavy (non-hydrogen) atoms. The molecule has 7 aromatic carbocycles. The maximum atomic E-state index is 9.55. The second-order valence-electron chi connectivity index (χ2n) is 12.0. The standard InChI is InChI=1S/C45H28N6/c1-8-22-36-29(15-1)30-16-2-9-23-37(30)49(36)42-28-14-7-21-35(42)43-46-44(50-38-24-10-3-17-31(38)32-18-4-11-25-39(32)50)48-45(47-43)51-40-26-12-5-19-33(40)34-20-6-13-27-41(34)51/h1-28H/i3D,4D,7D,10D,11D,14D,17D,18D,21D,24D,25D,28D. The average Bonchev–Trinajstić information content (AvgIpc) is 3.96. The predicted octanol–water partition coefficient (Wildman–Crippen LogP) is 10.8. The third-order valence-electron chi connectivity index (χ3n) is 9.32. The van der Waals surface area contributed by atoms with Gasteiger partial charge in [-0.2, -0.15) is 15.0 Å². The highest BCUT2D eigenvalue weighted by Gasteiger charge is 2.22. The molecule has 0 spiro atoms. The van der Waals surface area contributed by atoms with Gasteiger partial charge < -0.3 is 4.57 Å². The van der Waals surface area contributed by atoms with Gasteiger partial charge in [-0.1, -0.05) is 121 Å². The topological polar surface area (TPSA) is 53.5 Å². The zero-order valence-corrected chi connectivity index (χ0v) is 26.4. The van der Waals surface area contributed by atoms with Crippen LogP contribution in [-0.2, 0) is 0 Å². The molecule has 0 radical (unpaired) electrons. The molecule has 6 heteroatoms. The fraction of sp³-hybridized carbons (Fsp3) is 0. The van der Waals surface area contributed by atoms with Gasteiger partial charge in [-0.15, -0.1) is 0 Å². The molecule has 0 saturated heterocycles. The fourth-order valence-electron chi connectivity index (χ4n) is 7.22. The summed E-state index contributed by atoms with van der Waals surface area (Å²) in [7, 11) is 0. The third kappa shape index (κ3) is 4.01. The lowest BCUT2D eigenvalue weighted by atomic mass is 10.1. The number of rotatable bonds is 4. The molecule has 4 aromatic heterocycles. The third-order valence-corrected chi connectivity index (χ3v) is 9.32. The molecule has 0 aliphatic carbocycles. The van der Waals surface area contributed by atoms with Crippen LogP contribution in [0.3, 0.4) is 0 Å². The summed E-state index contributed by atoms with van der Waals surface area (Å²) in [5.41, 5.74) is 2.03. The van der Waals surface area contributed by atoms with E-state index >= 15 is 0 Å². The molecule has 0 N–H and O–H groups in total. The van der Waals surface area contributed by atoms with E-state index in [0.29, 0.717) is 22.1 Å². The molecule has 6 nitrogen and oxygen atoms in total. The molecular formula is C45H28N6. The smallest absolute Gasteiger partial charge is 0.240 e. The van der Waals surface area contributed by atoms with Crippen molar-refractivity contribution in [3.63, 3.8) is 0 Å². The predicted molar refractivity (Wildman–Crippen MR) is 208 cm³/mol. The van der Waals surface area contributed by atoms with Crippen molar-refractivity contribution >= 4 is 65.4 Å². The van der Waals surface area contributed by atoms with Crippen molar-refractivity contribution in [1.82, 2.24) is 28.7 Å². The molecule has 4 heterocycles. The Balaban J connectivity index is 1.38. The number of benzene rings is 7. The van der Waals surface area contributed by atoms with Crippen molar-refractivity contribution in [1.29, 1.82) is 0 Å². The highest BCUT2D eigenvalue weighted by atomic mass is 15.3. The molecule has 0 aliphatic rings. The summed E-state index contributed by atoms with van der Waals surface area (Å²) in [6.07, 6.45) is 0. The van der Waals surface area contributed by atoms with Crippen molar-refractivity contribution in [3.8, 4) is 29.0 Å². The van der Waals surface area contributed by atoms with Crippen LogP contribution in [0.15, 0.2) is 170 Å². The van der Waals surface area contributed by atoms with Crippen molar-refractivity contribution in [2.24, 2.45) is 0 Å². The summed E-state index contributed by atoms with van der Waals surface area (Å²) in [5.74, 6) is -0.644. The summed E-state index contributed by atoms with van der Waals surface area (Å²) in [5, 5.41) is 2.95. The van der Waals surface area contributed by atoms with Crippen LogP contribution in [0.25, 0.3) is 94.4 Å². The number of hydrogen-bond donors (Lipinski definition) is 0. The minimum Gasteiger partial charge on any atom is -0.309 e. The maximum Gasteiger partial charge on any atom is 0.240 e. The number of para-hydroxylation sites is 7. The first-order valence-corrected chi connectivity index (χ1v) is 16.2. The van der Waals surface area contributed by atoms with Crippen LogP contribution in [0.5, 0.6) is 0 Å². The van der Waals surface area contributed by atoms with Gasteiger partial charge in [0.25, 0.3) is 0 Å².